The number of likely N-dealkylation sites (N-methyl/N-ethyl adjacent to an activating group) is 1. The largest absolute Gasteiger partial charge is 0.334 e. The second-order valence-corrected chi connectivity index (χ2v) is 4.81. The summed E-state index contributed by atoms with van der Waals surface area (Å²) >= 11 is 0. The van der Waals surface area contributed by atoms with Crippen molar-refractivity contribution in [2.75, 3.05) is 33.7 Å². The topological polar surface area (TPSA) is 35.6 Å². The van der Waals surface area contributed by atoms with Gasteiger partial charge in [0.15, 0.2) is 0 Å². The second-order valence-electron chi connectivity index (χ2n) is 4.81. The quantitative estimate of drug-likeness (QED) is 0.702. The van der Waals surface area contributed by atoms with E-state index < -0.39 is 0 Å². The van der Waals surface area contributed by atoms with Gasteiger partial charge in [0.25, 0.3) is 0 Å². The Morgan fingerprint density at radius 3 is 2.81 bits per heavy atom. The Morgan fingerprint density at radius 2 is 2.19 bits per heavy atom. The first-order valence-corrected chi connectivity index (χ1v) is 5.86. The number of carbonyl (C=O) groups excluding carboxylic acids is 1. The van der Waals surface area contributed by atoms with Crippen LogP contribution in [0.1, 0.15) is 13.8 Å². The van der Waals surface area contributed by atoms with Gasteiger partial charge >= 0.3 is 0 Å². The molecular formula is C12H23N3O. The molecule has 0 saturated carbocycles. The predicted octanol–water partition coefficient (Wildman–Crippen LogP) is 0.313. The Bertz CT molecular complexity index is 263. The van der Waals surface area contributed by atoms with Gasteiger partial charge in [0.1, 0.15) is 0 Å². The third kappa shape index (κ3) is 3.94. The summed E-state index contributed by atoms with van der Waals surface area (Å²) in [5, 5.41) is 3.36. The molecule has 0 aromatic rings. The van der Waals surface area contributed by atoms with Gasteiger partial charge in [-0.2, -0.15) is 0 Å². The molecule has 1 fully saturated rings. The summed E-state index contributed by atoms with van der Waals surface area (Å²) in [7, 11) is 3.98. The summed E-state index contributed by atoms with van der Waals surface area (Å²) in [5.41, 5.74) is 0. The lowest BCUT2D eigenvalue weighted by atomic mass is 10.1. The maximum atomic E-state index is 11.9. The van der Waals surface area contributed by atoms with Crippen LogP contribution in [0.5, 0.6) is 0 Å². The summed E-state index contributed by atoms with van der Waals surface area (Å²) in [6.45, 7) is 6.68. The molecule has 4 heteroatoms. The van der Waals surface area contributed by atoms with E-state index in [1.54, 1.807) is 6.08 Å². The molecule has 1 aliphatic heterocycles. The molecule has 1 saturated heterocycles. The van der Waals surface area contributed by atoms with E-state index in [4.69, 9.17) is 0 Å². The first-order chi connectivity index (χ1) is 7.50. The van der Waals surface area contributed by atoms with Crippen molar-refractivity contribution in [3.8, 4) is 0 Å². The molecule has 0 radical (unpaired) electrons. The molecule has 92 valence electrons. The van der Waals surface area contributed by atoms with Crippen LogP contribution >= 0.6 is 0 Å². The molecule has 0 aromatic heterocycles. The highest BCUT2D eigenvalue weighted by Crippen LogP contribution is 2.07. The smallest absolute Gasteiger partial charge is 0.246 e. The predicted molar refractivity (Wildman–Crippen MR) is 66.3 cm³/mol. The van der Waals surface area contributed by atoms with E-state index in [0.29, 0.717) is 6.04 Å². The lowest BCUT2D eigenvalue weighted by Gasteiger charge is -2.37. The van der Waals surface area contributed by atoms with E-state index in [2.05, 4.69) is 19.2 Å². The van der Waals surface area contributed by atoms with Crippen LogP contribution in [0, 0.1) is 0 Å². The van der Waals surface area contributed by atoms with Gasteiger partial charge in [0, 0.05) is 37.8 Å². The summed E-state index contributed by atoms with van der Waals surface area (Å²) in [6.07, 6.45) is 3.61. The normalized spacial score (nSPS) is 26.7. The maximum Gasteiger partial charge on any atom is 0.246 e. The average Bonchev–Trinajstić information content (AvgIpc) is 2.21. The van der Waals surface area contributed by atoms with Crippen LogP contribution in [-0.4, -0.2) is 61.5 Å². The van der Waals surface area contributed by atoms with Gasteiger partial charge < -0.3 is 15.1 Å². The fourth-order valence-corrected chi connectivity index (χ4v) is 1.79. The van der Waals surface area contributed by atoms with Gasteiger partial charge in [0.2, 0.25) is 5.91 Å². The summed E-state index contributed by atoms with van der Waals surface area (Å²) in [4.78, 5) is 15.9. The lowest BCUT2D eigenvalue weighted by molar-refractivity contribution is -0.129. The third-order valence-electron chi connectivity index (χ3n) is 2.78. The van der Waals surface area contributed by atoms with Gasteiger partial charge in [0.05, 0.1) is 0 Å². The molecule has 0 aromatic carbocycles. The van der Waals surface area contributed by atoms with Crippen LogP contribution < -0.4 is 5.32 Å². The first-order valence-electron chi connectivity index (χ1n) is 5.86. The summed E-state index contributed by atoms with van der Waals surface area (Å²) in [5.74, 6) is 0.128. The van der Waals surface area contributed by atoms with Gasteiger partial charge in [-0.15, -0.1) is 0 Å². The number of hydrogen-bond acceptors (Lipinski definition) is 3. The van der Waals surface area contributed by atoms with E-state index in [0.717, 1.165) is 19.6 Å². The molecule has 16 heavy (non-hydrogen) atoms. The van der Waals surface area contributed by atoms with Crippen molar-refractivity contribution >= 4 is 5.91 Å². The molecule has 1 aliphatic rings. The molecule has 0 spiro atoms. The molecule has 1 heterocycles. The molecule has 1 amide bonds. The van der Waals surface area contributed by atoms with Crippen molar-refractivity contribution in [3.05, 3.63) is 12.2 Å². The van der Waals surface area contributed by atoms with Crippen molar-refractivity contribution in [2.45, 2.75) is 25.9 Å². The molecule has 0 aliphatic carbocycles. The molecule has 2 atom stereocenters. The minimum absolute atomic E-state index is 0.128. The van der Waals surface area contributed by atoms with Crippen molar-refractivity contribution in [3.63, 3.8) is 0 Å². The number of hydrogen-bond donors (Lipinski definition) is 1. The highest BCUT2D eigenvalue weighted by molar-refractivity contribution is 5.88. The minimum atomic E-state index is 0.128. The van der Waals surface area contributed by atoms with Gasteiger partial charge in [-0.05, 0) is 27.9 Å². The van der Waals surface area contributed by atoms with Gasteiger partial charge in [-0.1, -0.05) is 6.08 Å². The monoisotopic (exact) mass is 225 g/mol. The molecule has 0 bridgehead atoms. The maximum absolute atomic E-state index is 11.9. The number of piperazine rings is 1. The van der Waals surface area contributed by atoms with Gasteiger partial charge in [-0.25, -0.2) is 0 Å². The van der Waals surface area contributed by atoms with E-state index in [1.165, 1.54) is 0 Å². The van der Waals surface area contributed by atoms with Crippen LogP contribution in [-0.2, 0) is 4.79 Å². The van der Waals surface area contributed by atoms with E-state index >= 15 is 0 Å². The standard InChI is InChI=1S/C12H23N3O/c1-10-9-15(11(2)8-13-10)12(16)6-5-7-14(3)4/h5-6,10-11,13H,7-9H2,1-4H3/b6-5+/t10-,11+/m0/s1. The SMILES string of the molecule is C[C@@H]1CN[C@@H](C)CN1C(=O)/C=C/CN(C)C. The van der Waals surface area contributed by atoms with Gasteiger partial charge in [-0.3, -0.25) is 4.79 Å². The fourth-order valence-electron chi connectivity index (χ4n) is 1.79. The molecule has 1 N–H and O–H groups in total. The van der Waals surface area contributed by atoms with Crippen molar-refractivity contribution in [2.24, 2.45) is 0 Å². The Labute approximate surface area is 98.3 Å². The molecular weight excluding hydrogens is 202 g/mol. The third-order valence-corrected chi connectivity index (χ3v) is 2.78. The Hall–Kier alpha value is -0.870. The highest BCUT2D eigenvalue weighted by atomic mass is 16.2. The van der Waals surface area contributed by atoms with E-state index in [9.17, 15) is 4.79 Å². The summed E-state index contributed by atoms with van der Waals surface area (Å²) < 4.78 is 0. The zero-order chi connectivity index (χ0) is 12.1. The second kappa shape index (κ2) is 6.01. The zero-order valence-corrected chi connectivity index (χ0v) is 10.7. The Balaban J connectivity index is 2.48. The Morgan fingerprint density at radius 1 is 1.50 bits per heavy atom. The minimum Gasteiger partial charge on any atom is -0.334 e. The van der Waals surface area contributed by atoms with Crippen molar-refractivity contribution in [1.82, 2.24) is 15.1 Å². The zero-order valence-electron chi connectivity index (χ0n) is 10.7. The number of nitrogens with one attached hydrogen (secondary N) is 1. The lowest BCUT2D eigenvalue weighted by Crippen LogP contribution is -2.55. The van der Waals surface area contributed by atoms with E-state index in [1.807, 2.05) is 30.0 Å². The summed E-state index contributed by atoms with van der Waals surface area (Å²) in [6, 6.07) is 0.676. The number of amides is 1. The van der Waals surface area contributed by atoms with E-state index in [-0.39, 0.29) is 11.9 Å². The number of carbonyl (C=O) groups is 1. The van der Waals surface area contributed by atoms with Crippen molar-refractivity contribution in [1.29, 1.82) is 0 Å². The van der Waals surface area contributed by atoms with Crippen LogP contribution in [0.4, 0.5) is 0 Å². The molecule has 4 nitrogen and oxygen atoms in total. The van der Waals surface area contributed by atoms with Crippen LogP contribution in [0.25, 0.3) is 0 Å². The van der Waals surface area contributed by atoms with Crippen LogP contribution in [0.15, 0.2) is 12.2 Å². The molecule has 0 unspecified atom stereocenters. The average molecular weight is 225 g/mol. The highest BCUT2D eigenvalue weighted by Gasteiger charge is 2.24. The van der Waals surface area contributed by atoms with Crippen molar-refractivity contribution < 1.29 is 4.79 Å². The number of nitrogens with zero attached hydrogens (tertiary/aromatic N) is 2. The number of rotatable bonds is 3. The Kier molecular flexibility index (Phi) is 4.96. The van der Waals surface area contributed by atoms with Crippen LogP contribution in [0.3, 0.4) is 0 Å². The fraction of sp³-hybridized carbons (Fsp3) is 0.750. The molecule has 1 rings (SSSR count). The van der Waals surface area contributed by atoms with Crippen LogP contribution in [0.2, 0.25) is 0 Å². The first kappa shape index (κ1) is 13.2.